The average molecular weight is 472 g/mol. The van der Waals surface area contributed by atoms with Crippen molar-refractivity contribution in [1.29, 1.82) is 0 Å². The van der Waals surface area contributed by atoms with Crippen LogP contribution < -0.4 is 5.32 Å². The molecule has 0 unspecified atom stereocenters. The quantitative estimate of drug-likeness (QED) is 0.321. The Kier molecular flexibility index (Phi) is 8.07. The molecule has 31 heavy (non-hydrogen) atoms. The first-order chi connectivity index (χ1) is 14.9. The van der Waals surface area contributed by atoms with Crippen molar-refractivity contribution in [2.24, 2.45) is 5.16 Å². The van der Waals surface area contributed by atoms with Crippen LogP contribution in [0.2, 0.25) is 0 Å². The van der Waals surface area contributed by atoms with Crippen molar-refractivity contribution in [3.05, 3.63) is 41.2 Å². The van der Waals surface area contributed by atoms with Crippen LogP contribution in [0, 0.1) is 5.13 Å². The molecule has 0 spiro atoms. The van der Waals surface area contributed by atoms with Gasteiger partial charge in [-0.3, -0.25) is 10.1 Å². The van der Waals surface area contributed by atoms with Crippen molar-refractivity contribution in [2.45, 2.75) is 24.3 Å². The Labute approximate surface area is 183 Å². The van der Waals surface area contributed by atoms with E-state index in [1.807, 2.05) is 0 Å². The van der Waals surface area contributed by atoms with E-state index in [-0.39, 0.29) is 34.2 Å². The second kappa shape index (κ2) is 10.8. The first-order valence-corrected chi connectivity index (χ1v) is 12.0. The van der Waals surface area contributed by atoms with Crippen LogP contribution in [-0.4, -0.2) is 63.3 Å². The number of thiazole rings is 1. The predicted octanol–water partition coefficient (Wildman–Crippen LogP) is 2.24. The highest BCUT2D eigenvalue weighted by atomic mass is 32.2. The molecule has 168 valence electrons. The van der Waals surface area contributed by atoms with Crippen molar-refractivity contribution >= 4 is 37.9 Å². The van der Waals surface area contributed by atoms with Gasteiger partial charge in [0, 0.05) is 18.6 Å². The number of nitrogens with one attached hydrogen (secondary N) is 1. The highest BCUT2D eigenvalue weighted by molar-refractivity contribution is 7.91. The van der Waals surface area contributed by atoms with E-state index in [9.17, 15) is 17.6 Å². The van der Waals surface area contributed by atoms with E-state index in [2.05, 4.69) is 15.5 Å². The maximum absolute atomic E-state index is 13.2. The van der Waals surface area contributed by atoms with Gasteiger partial charge in [0.25, 0.3) is 5.91 Å². The van der Waals surface area contributed by atoms with Gasteiger partial charge in [-0.25, -0.2) is 13.4 Å². The van der Waals surface area contributed by atoms with Crippen LogP contribution in [0.4, 0.5) is 9.52 Å². The molecule has 0 saturated carbocycles. The topological polar surface area (TPSA) is 116 Å². The summed E-state index contributed by atoms with van der Waals surface area (Å²) in [7, 11) is -3.53. The molecular weight excluding hydrogens is 449 g/mol. The third kappa shape index (κ3) is 6.53. The minimum atomic E-state index is -3.53. The van der Waals surface area contributed by atoms with Crippen LogP contribution in [0.1, 0.15) is 18.9 Å². The first kappa shape index (κ1) is 23.3. The fourth-order valence-electron chi connectivity index (χ4n) is 2.67. The summed E-state index contributed by atoms with van der Waals surface area (Å²) in [5.41, 5.74) is 0.234. The maximum atomic E-state index is 13.2. The average Bonchev–Trinajstić information content (AvgIpc) is 3.40. The summed E-state index contributed by atoms with van der Waals surface area (Å²) in [5.74, 6) is -0.817. The zero-order valence-corrected chi connectivity index (χ0v) is 18.4. The zero-order valence-electron chi connectivity index (χ0n) is 16.7. The van der Waals surface area contributed by atoms with Gasteiger partial charge < -0.3 is 14.3 Å². The second-order valence-corrected chi connectivity index (χ2v) is 9.58. The van der Waals surface area contributed by atoms with Crippen molar-refractivity contribution in [2.75, 3.05) is 37.5 Å². The summed E-state index contributed by atoms with van der Waals surface area (Å²) >= 11 is 0.671. The maximum Gasteiger partial charge on any atom is 0.280 e. The summed E-state index contributed by atoms with van der Waals surface area (Å²) in [6, 6.07) is 5.70. The van der Waals surface area contributed by atoms with Crippen LogP contribution in [0.15, 0.2) is 40.5 Å². The number of nitrogens with zero attached hydrogens (tertiary/aromatic N) is 2. The summed E-state index contributed by atoms with van der Waals surface area (Å²) in [4.78, 5) is 22.0. The molecule has 1 N–H and O–H groups in total. The number of hydrogen-bond acceptors (Lipinski definition) is 9. The number of sulfone groups is 1. The smallest absolute Gasteiger partial charge is 0.280 e. The second-order valence-electron chi connectivity index (χ2n) is 6.49. The lowest BCUT2D eigenvalue weighted by atomic mass is 10.1. The summed E-state index contributed by atoms with van der Waals surface area (Å²) in [5, 5.41) is 5.96. The Morgan fingerprint density at radius 3 is 2.77 bits per heavy atom. The molecular formula is C19H22FN3O6S2. The molecule has 0 radical (unpaired) electrons. The van der Waals surface area contributed by atoms with Crippen LogP contribution >= 0.6 is 11.3 Å². The number of rotatable bonds is 10. The van der Waals surface area contributed by atoms with Gasteiger partial charge in [0.1, 0.15) is 0 Å². The summed E-state index contributed by atoms with van der Waals surface area (Å²) < 4.78 is 48.3. The number of carbonyl (C=O) groups is 1. The molecule has 1 atom stereocenters. The number of carbonyl (C=O) groups excluding carboxylic acids is 1. The summed E-state index contributed by atoms with van der Waals surface area (Å²) in [6.07, 6.45) is 1.33. The largest absolute Gasteiger partial charge is 0.389 e. The lowest BCUT2D eigenvalue weighted by molar-refractivity contribution is -0.110. The van der Waals surface area contributed by atoms with Gasteiger partial charge in [0.15, 0.2) is 31.9 Å². The van der Waals surface area contributed by atoms with E-state index >= 15 is 0 Å². The van der Waals surface area contributed by atoms with Crippen LogP contribution in [-0.2, 0) is 28.9 Å². The molecule has 1 amide bonds. The minimum absolute atomic E-state index is 0.0644. The van der Waals surface area contributed by atoms with Crippen molar-refractivity contribution in [3.8, 4) is 0 Å². The van der Waals surface area contributed by atoms with Gasteiger partial charge in [-0.2, -0.15) is 4.39 Å². The van der Waals surface area contributed by atoms with Crippen LogP contribution in [0.5, 0.6) is 0 Å². The number of ether oxygens (including phenoxy) is 2. The minimum Gasteiger partial charge on any atom is -0.389 e. The molecule has 0 bridgehead atoms. The van der Waals surface area contributed by atoms with Crippen molar-refractivity contribution < 1.29 is 31.9 Å². The van der Waals surface area contributed by atoms with Gasteiger partial charge in [-0.05, 0) is 19.1 Å². The van der Waals surface area contributed by atoms with E-state index in [1.54, 1.807) is 6.92 Å². The van der Waals surface area contributed by atoms with Gasteiger partial charge >= 0.3 is 0 Å². The normalized spacial score (nSPS) is 17.0. The molecule has 2 aromatic rings. The third-order valence-electron chi connectivity index (χ3n) is 4.28. The lowest BCUT2D eigenvalue weighted by Crippen LogP contribution is -2.25. The summed E-state index contributed by atoms with van der Waals surface area (Å²) in [6.45, 7) is 3.20. The lowest BCUT2D eigenvalue weighted by Gasteiger charge is -2.10. The predicted molar refractivity (Wildman–Crippen MR) is 113 cm³/mol. The Bertz CT molecular complexity index is 1020. The molecule has 12 heteroatoms. The van der Waals surface area contributed by atoms with Crippen molar-refractivity contribution in [3.63, 3.8) is 0 Å². The molecule has 1 aliphatic heterocycles. The molecule has 1 saturated heterocycles. The van der Waals surface area contributed by atoms with E-state index < -0.39 is 20.9 Å². The highest BCUT2D eigenvalue weighted by Crippen LogP contribution is 2.18. The molecule has 0 aliphatic carbocycles. The number of oxime groups is 1. The zero-order chi connectivity index (χ0) is 22.3. The standard InChI is InChI=1S/C19H22FN3O6S2/c1-2-27-9-10-31(25,26)15-5-3-13(4-6-15)17(23-29-14-7-8-28-12-14)18(24)22-19-21-11-16(20)30-19/h3-6,11,14H,2,7-10,12H2,1H3,(H,21,22,24)/b23-17+/t14-/m1/s1. The molecule has 9 nitrogen and oxygen atoms in total. The van der Waals surface area contributed by atoms with Crippen LogP contribution in [0.25, 0.3) is 0 Å². The number of halogens is 1. The Morgan fingerprint density at radius 2 is 2.16 bits per heavy atom. The third-order valence-corrected chi connectivity index (χ3v) is 6.68. The molecule has 1 aliphatic rings. The fourth-order valence-corrected chi connectivity index (χ4v) is 4.33. The fraction of sp³-hybridized carbons (Fsp3) is 0.421. The van der Waals surface area contributed by atoms with Gasteiger partial charge in [-0.15, -0.1) is 0 Å². The SMILES string of the molecule is CCOCCS(=O)(=O)c1ccc(/C(=N\O[C@@H]2CCOC2)C(=O)Nc2ncc(F)s2)cc1. The number of amides is 1. The number of anilines is 1. The number of aromatic nitrogens is 1. The van der Waals surface area contributed by atoms with Gasteiger partial charge in [-0.1, -0.05) is 28.6 Å². The number of benzene rings is 1. The van der Waals surface area contributed by atoms with Gasteiger partial charge in [0.2, 0.25) is 0 Å². The van der Waals surface area contributed by atoms with E-state index in [0.29, 0.717) is 43.1 Å². The Morgan fingerprint density at radius 1 is 1.39 bits per heavy atom. The Hall–Kier alpha value is -2.41. The highest BCUT2D eigenvalue weighted by Gasteiger charge is 2.22. The van der Waals surface area contributed by atoms with Crippen molar-refractivity contribution in [1.82, 2.24) is 4.98 Å². The Balaban J connectivity index is 1.80. The molecule has 1 aromatic carbocycles. The first-order valence-electron chi connectivity index (χ1n) is 9.54. The van der Waals surface area contributed by atoms with E-state index in [4.69, 9.17) is 14.3 Å². The van der Waals surface area contributed by atoms with E-state index in [1.165, 1.54) is 24.3 Å². The monoisotopic (exact) mass is 471 g/mol. The molecule has 1 aromatic heterocycles. The van der Waals surface area contributed by atoms with E-state index in [0.717, 1.165) is 6.20 Å². The molecule has 1 fully saturated rings. The van der Waals surface area contributed by atoms with Gasteiger partial charge in [0.05, 0.1) is 36.7 Å². The van der Waals surface area contributed by atoms with Crippen LogP contribution in [0.3, 0.4) is 0 Å². The number of hydrogen-bond donors (Lipinski definition) is 1. The molecule has 2 heterocycles. The molecule has 3 rings (SSSR count).